The first-order chi connectivity index (χ1) is 9.68. The molecule has 0 saturated carbocycles. The molecular weight excluding hydrogens is 320 g/mol. The quantitative estimate of drug-likeness (QED) is 0.748. The molecule has 1 aromatic heterocycles. The third kappa shape index (κ3) is 2.76. The summed E-state index contributed by atoms with van der Waals surface area (Å²) in [6.07, 6.45) is 0.693. The fraction of sp³-hybridized carbons (Fsp3) is 0.600. The zero-order valence-corrected chi connectivity index (χ0v) is 13.0. The molecule has 2 rings (SSSR count). The minimum Gasteiger partial charge on any atom is -0.480 e. The van der Waals surface area contributed by atoms with Gasteiger partial charge in [-0.05, 0) is 19.8 Å². The van der Waals surface area contributed by atoms with E-state index in [1.54, 1.807) is 0 Å². The number of carbonyl (C=O) groups excluding carboxylic acids is 1. The van der Waals surface area contributed by atoms with Crippen LogP contribution in [0.3, 0.4) is 0 Å². The van der Waals surface area contributed by atoms with Crippen molar-refractivity contribution in [3.8, 4) is 0 Å². The summed E-state index contributed by atoms with van der Waals surface area (Å²) in [7, 11) is -4.06. The standard InChI is InChI=1S/C10H14N4O5S2/c1-6(15)11-8-12-13-9(20-8)21(18,19)14-5-3-4-10(14,2)7(16)17/h3-5H2,1-2H3,(H,16,17)(H,11,12,15). The number of carboxylic acids is 1. The number of nitrogens with one attached hydrogen (secondary N) is 1. The first-order valence-corrected chi connectivity index (χ1v) is 8.31. The van der Waals surface area contributed by atoms with Gasteiger partial charge in [0.1, 0.15) is 5.54 Å². The number of amides is 1. The Hall–Kier alpha value is -1.59. The van der Waals surface area contributed by atoms with Crippen LogP contribution < -0.4 is 5.32 Å². The Morgan fingerprint density at radius 1 is 1.43 bits per heavy atom. The van der Waals surface area contributed by atoms with Crippen LogP contribution in [0.1, 0.15) is 26.7 Å². The SMILES string of the molecule is CC(=O)Nc1nnc(S(=O)(=O)N2CCCC2(C)C(=O)O)s1. The molecule has 1 saturated heterocycles. The average Bonchev–Trinajstić information content (AvgIpc) is 2.96. The number of carboxylic acid groups (broad SMARTS) is 1. The maximum Gasteiger partial charge on any atom is 0.324 e. The van der Waals surface area contributed by atoms with Crippen molar-refractivity contribution in [3.63, 3.8) is 0 Å². The first kappa shape index (κ1) is 15.8. The first-order valence-electron chi connectivity index (χ1n) is 6.05. The maximum absolute atomic E-state index is 12.5. The molecule has 0 aliphatic carbocycles. The minimum absolute atomic E-state index is 0.0531. The molecule has 116 valence electrons. The summed E-state index contributed by atoms with van der Waals surface area (Å²) in [6, 6.07) is 0. The molecule has 0 aromatic carbocycles. The third-order valence-corrected chi connectivity index (χ3v) is 6.44. The van der Waals surface area contributed by atoms with Crippen LogP contribution in [0, 0.1) is 0 Å². The smallest absolute Gasteiger partial charge is 0.324 e. The molecule has 2 heterocycles. The monoisotopic (exact) mass is 334 g/mol. The molecule has 0 spiro atoms. The molecule has 9 nitrogen and oxygen atoms in total. The molecule has 21 heavy (non-hydrogen) atoms. The van der Waals surface area contributed by atoms with Gasteiger partial charge >= 0.3 is 5.97 Å². The Labute approximate surface area is 125 Å². The lowest BCUT2D eigenvalue weighted by Crippen LogP contribution is -2.50. The van der Waals surface area contributed by atoms with Crippen molar-refractivity contribution in [2.75, 3.05) is 11.9 Å². The highest BCUT2D eigenvalue weighted by Gasteiger charge is 2.50. The van der Waals surface area contributed by atoms with E-state index in [9.17, 15) is 23.1 Å². The molecule has 0 bridgehead atoms. The molecule has 2 N–H and O–H groups in total. The molecule has 1 aromatic rings. The van der Waals surface area contributed by atoms with Crippen LogP contribution in [0.4, 0.5) is 5.13 Å². The summed E-state index contributed by atoms with van der Waals surface area (Å²) in [4.78, 5) is 22.3. The van der Waals surface area contributed by atoms with E-state index in [-0.39, 0.29) is 22.4 Å². The second kappa shape index (κ2) is 5.31. The van der Waals surface area contributed by atoms with Crippen molar-refractivity contribution in [2.45, 2.75) is 36.6 Å². The normalized spacial score (nSPS) is 23.1. The maximum atomic E-state index is 12.5. The highest BCUT2D eigenvalue weighted by atomic mass is 32.2. The fourth-order valence-electron chi connectivity index (χ4n) is 2.15. The number of hydrogen-bond acceptors (Lipinski definition) is 7. The predicted molar refractivity (Wildman–Crippen MR) is 73.4 cm³/mol. The van der Waals surface area contributed by atoms with Crippen molar-refractivity contribution in [1.82, 2.24) is 14.5 Å². The zero-order valence-electron chi connectivity index (χ0n) is 11.4. The molecule has 1 atom stereocenters. The average molecular weight is 334 g/mol. The summed E-state index contributed by atoms with van der Waals surface area (Å²) in [5, 5.41) is 18.8. The van der Waals surface area contributed by atoms with Gasteiger partial charge in [0.15, 0.2) is 0 Å². The van der Waals surface area contributed by atoms with Crippen molar-refractivity contribution < 1.29 is 23.1 Å². The van der Waals surface area contributed by atoms with E-state index >= 15 is 0 Å². The topological polar surface area (TPSA) is 130 Å². The molecule has 1 unspecified atom stereocenters. The summed E-state index contributed by atoms with van der Waals surface area (Å²) in [6.45, 7) is 2.74. The van der Waals surface area contributed by atoms with E-state index in [2.05, 4.69) is 15.5 Å². The lowest BCUT2D eigenvalue weighted by molar-refractivity contribution is -0.146. The minimum atomic E-state index is -4.06. The van der Waals surface area contributed by atoms with Gasteiger partial charge in [-0.3, -0.25) is 9.59 Å². The Balaban J connectivity index is 2.36. The van der Waals surface area contributed by atoms with Gasteiger partial charge in [0, 0.05) is 13.5 Å². The molecule has 0 radical (unpaired) electrons. The van der Waals surface area contributed by atoms with E-state index < -0.39 is 27.4 Å². The van der Waals surface area contributed by atoms with Gasteiger partial charge in [0.2, 0.25) is 15.4 Å². The number of nitrogens with zero attached hydrogens (tertiary/aromatic N) is 3. The molecular formula is C10H14N4O5S2. The fourth-order valence-corrected chi connectivity index (χ4v) is 5.00. The lowest BCUT2D eigenvalue weighted by atomic mass is 10.0. The molecule has 1 fully saturated rings. The van der Waals surface area contributed by atoms with Crippen molar-refractivity contribution in [3.05, 3.63) is 0 Å². The van der Waals surface area contributed by atoms with Gasteiger partial charge < -0.3 is 10.4 Å². The number of sulfonamides is 1. The van der Waals surface area contributed by atoms with E-state index in [1.165, 1.54) is 13.8 Å². The Kier molecular flexibility index (Phi) is 4.00. The number of aliphatic carboxylic acids is 1. The highest BCUT2D eigenvalue weighted by molar-refractivity contribution is 7.91. The summed E-state index contributed by atoms with van der Waals surface area (Å²) >= 11 is 0.691. The van der Waals surface area contributed by atoms with Crippen molar-refractivity contribution in [2.24, 2.45) is 0 Å². The molecule has 11 heteroatoms. The molecule has 1 aliphatic heterocycles. The predicted octanol–water partition coefficient (Wildman–Crippen LogP) is 0.124. The number of rotatable bonds is 4. The third-order valence-electron chi connectivity index (χ3n) is 3.24. The number of carbonyl (C=O) groups is 2. The van der Waals surface area contributed by atoms with E-state index in [0.717, 1.165) is 4.31 Å². The van der Waals surface area contributed by atoms with Crippen molar-refractivity contribution in [1.29, 1.82) is 0 Å². The van der Waals surface area contributed by atoms with Crippen LogP contribution in [0.5, 0.6) is 0 Å². The largest absolute Gasteiger partial charge is 0.480 e. The molecule has 1 amide bonds. The summed E-state index contributed by atoms with van der Waals surface area (Å²) < 4.78 is 25.6. The van der Waals surface area contributed by atoms with Gasteiger partial charge in [0.25, 0.3) is 10.0 Å². The zero-order chi connectivity index (χ0) is 15.8. The number of hydrogen-bond donors (Lipinski definition) is 2. The molecule has 1 aliphatic rings. The Morgan fingerprint density at radius 3 is 2.67 bits per heavy atom. The van der Waals surface area contributed by atoms with E-state index in [0.29, 0.717) is 17.8 Å². The van der Waals surface area contributed by atoms with Crippen LogP contribution >= 0.6 is 11.3 Å². The van der Waals surface area contributed by atoms with Crippen LogP contribution in [0.15, 0.2) is 4.34 Å². The van der Waals surface area contributed by atoms with Crippen LogP contribution in [-0.2, 0) is 19.6 Å². The highest BCUT2D eigenvalue weighted by Crippen LogP contribution is 2.35. The Bertz CT molecular complexity index is 685. The van der Waals surface area contributed by atoms with Gasteiger partial charge in [0.05, 0.1) is 0 Å². The number of aromatic nitrogens is 2. The summed E-state index contributed by atoms with van der Waals surface area (Å²) in [5.74, 6) is -1.60. The summed E-state index contributed by atoms with van der Waals surface area (Å²) in [5.41, 5.74) is -1.49. The van der Waals surface area contributed by atoms with Gasteiger partial charge in [-0.15, -0.1) is 10.2 Å². The second-order valence-corrected chi connectivity index (χ2v) is 7.83. The second-order valence-electron chi connectivity index (χ2n) is 4.81. The van der Waals surface area contributed by atoms with Gasteiger partial charge in [-0.25, -0.2) is 8.42 Å². The van der Waals surface area contributed by atoms with Crippen LogP contribution in [0.25, 0.3) is 0 Å². The number of anilines is 1. The van der Waals surface area contributed by atoms with E-state index in [1.807, 2.05) is 0 Å². The van der Waals surface area contributed by atoms with Crippen molar-refractivity contribution >= 4 is 38.4 Å². The van der Waals surface area contributed by atoms with E-state index in [4.69, 9.17) is 0 Å². The Morgan fingerprint density at radius 2 is 2.10 bits per heavy atom. The lowest BCUT2D eigenvalue weighted by Gasteiger charge is -2.28. The van der Waals surface area contributed by atoms with Crippen LogP contribution in [0.2, 0.25) is 0 Å². The van der Waals surface area contributed by atoms with Crippen LogP contribution in [-0.4, -0.2) is 52.0 Å². The van der Waals surface area contributed by atoms with Gasteiger partial charge in [-0.1, -0.05) is 11.3 Å². The van der Waals surface area contributed by atoms with Gasteiger partial charge in [-0.2, -0.15) is 4.31 Å².